The van der Waals surface area contributed by atoms with Crippen molar-refractivity contribution in [1.82, 2.24) is 9.97 Å². The maximum absolute atomic E-state index is 12.8. The first kappa shape index (κ1) is 17.7. The first-order chi connectivity index (χ1) is 12.4. The molecule has 0 amide bonds. The van der Waals surface area contributed by atoms with Crippen LogP contribution in [0.25, 0.3) is 0 Å². The Morgan fingerprint density at radius 3 is 2.80 bits per heavy atom. The SMILES string of the molecule is [3H]OCCC[C@H]1C[C@H](CCC)C(=O)[C@H]1Oc1nc(C)nc(C)c1[N+](=O)[O-]. The molecule has 3 atom stereocenters. The quantitative estimate of drug-likeness (QED) is 0.412. The third kappa shape index (κ3) is 4.31. The lowest BCUT2D eigenvalue weighted by Crippen LogP contribution is -2.31. The van der Waals surface area contributed by atoms with Gasteiger partial charge in [-0.2, -0.15) is 4.98 Å². The fourth-order valence-corrected chi connectivity index (χ4v) is 3.54. The largest absolute Gasteiger partial charge is 0.461 e. The Hall–Kier alpha value is -2.09. The van der Waals surface area contributed by atoms with Crippen molar-refractivity contribution in [2.45, 2.75) is 59.0 Å². The summed E-state index contributed by atoms with van der Waals surface area (Å²) in [7, 11) is 0. The Morgan fingerprint density at radius 1 is 1.40 bits per heavy atom. The van der Waals surface area contributed by atoms with E-state index in [0.29, 0.717) is 25.1 Å². The number of aromatic nitrogens is 2. The summed E-state index contributed by atoms with van der Waals surface area (Å²) in [6, 6.07) is 0. The van der Waals surface area contributed by atoms with Crippen molar-refractivity contribution in [3.05, 3.63) is 21.6 Å². The highest BCUT2D eigenvalue weighted by molar-refractivity contribution is 5.88. The summed E-state index contributed by atoms with van der Waals surface area (Å²) in [5.41, 5.74) is -0.0807. The first-order valence-corrected chi connectivity index (χ1v) is 8.67. The van der Waals surface area contributed by atoms with Gasteiger partial charge in [-0.3, -0.25) is 14.9 Å². The molecular weight excluding hydrogens is 326 g/mol. The second-order valence-corrected chi connectivity index (χ2v) is 6.54. The topological polar surface area (TPSA) is 115 Å². The highest BCUT2D eigenvalue weighted by atomic mass is 16.6. The number of nitrogens with zero attached hydrogens (tertiary/aromatic N) is 3. The molecule has 0 bridgehead atoms. The van der Waals surface area contributed by atoms with E-state index >= 15 is 0 Å². The standard InChI is InChI=1S/C17H25N3O5/c1-4-6-12-9-13(7-5-8-21)16(15(12)22)25-17-14(20(23)24)10(2)18-11(3)19-17/h12-13,16,21H,4-9H2,1-3H3/t12-,13-,16-/m0/s1/i21T. The average Bonchev–Trinajstić information content (AvgIpc) is 2.83. The summed E-state index contributed by atoms with van der Waals surface area (Å²) in [6.07, 6.45) is 2.87. The fourth-order valence-electron chi connectivity index (χ4n) is 3.54. The van der Waals surface area contributed by atoms with Crippen molar-refractivity contribution in [1.29, 1.82) is 1.43 Å². The van der Waals surface area contributed by atoms with Crippen LogP contribution >= 0.6 is 0 Å². The van der Waals surface area contributed by atoms with Gasteiger partial charge in [0.05, 0.1) is 4.92 Å². The normalized spacial score (nSPS) is 23.6. The number of Topliss-reactive ketones (excluding diaryl/α,β-unsaturated/α-hetero) is 1. The van der Waals surface area contributed by atoms with Gasteiger partial charge in [0.25, 0.3) is 5.88 Å². The molecule has 0 radical (unpaired) electrons. The second kappa shape index (κ2) is 8.33. The number of hydrogen-bond donors (Lipinski definition) is 1. The van der Waals surface area contributed by atoms with E-state index in [1.807, 2.05) is 6.92 Å². The average molecular weight is 353 g/mol. The summed E-state index contributed by atoms with van der Waals surface area (Å²) in [5.74, 6) is 0.0290. The molecule has 0 aromatic carbocycles. The minimum absolute atomic E-state index is 0.0214. The molecule has 1 aliphatic carbocycles. The lowest BCUT2D eigenvalue weighted by molar-refractivity contribution is -0.387. The summed E-state index contributed by atoms with van der Waals surface area (Å²) in [6.45, 7) is 5.45. The van der Waals surface area contributed by atoms with Crippen LogP contribution in [-0.4, -0.2) is 39.9 Å². The minimum atomic E-state index is -0.760. The Kier molecular flexibility index (Phi) is 5.91. The van der Waals surface area contributed by atoms with Gasteiger partial charge < -0.3 is 9.85 Å². The molecule has 1 N–H and O–H groups in total. The van der Waals surface area contributed by atoms with Gasteiger partial charge in [-0.15, -0.1) is 0 Å². The van der Waals surface area contributed by atoms with Crippen molar-refractivity contribution < 1.29 is 19.6 Å². The van der Waals surface area contributed by atoms with Gasteiger partial charge in [-0.05, 0) is 39.5 Å². The molecule has 1 heterocycles. The number of rotatable bonds is 9. The van der Waals surface area contributed by atoms with Crippen molar-refractivity contribution >= 4 is 11.5 Å². The van der Waals surface area contributed by atoms with Crippen molar-refractivity contribution in [2.24, 2.45) is 11.8 Å². The van der Waals surface area contributed by atoms with Crippen LogP contribution in [0.1, 0.15) is 50.5 Å². The van der Waals surface area contributed by atoms with Crippen LogP contribution < -0.4 is 4.74 Å². The van der Waals surface area contributed by atoms with Gasteiger partial charge in [-0.1, -0.05) is 13.3 Å². The van der Waals surface area contributed by atoms with E-state index in [-0.39, 0.29) is 41.5 Å². The lowest BCUT2D eigenvalue weighted by Gasteiger charge is -2.19. The van der Waals surface area contributed by atoms with Gasteiger partial charge in [0, 0.05) is 18.4 Å². The molecule has 8 nitrogen and oxygen atoms in total. The molecular formula is C17H25N3O5. The van der Waals surface area contributed by atoms with Crippen LogP contribution in [0.2, 0.25) is 0 Å². The first-order valence-electron chi connectivity index (χ1n) is 9.07. The highest BCUT2D eigenvalue weighted by Crippen LogP contribution is 2.38. The molecule has 0 aliphatic heterocycles. The molecule has 138 valence electrons. The van der Waals surface area contributed by atoms with Crippen LogP contribution in [0.3, 0.4) is 0 Å². The number of aryl methyl sites for hydroxylation is 2. The lowest BCUT2D eigenvalue weighted by atomic mass is 9.97. The van der Waals surface area contributed by atoms with Crippen molar-refractivity contribution in [3.63, 3.8) is 0 Å². The summed E-state index contributed by atoms with van der Waals surface area (Å²) < 4.78 is 12.6. The molecule has 0 spiro atoms. The molecule has 1 fully saturated rings. The van der Waals surface area contributed by atoms with Crippen molar-refractivity contribution in [2.75, 3.05) is 6.61 Å². The second-order valence-electron chi connectivity index (χ2n) is 6.54. The van der Waals surface area contributed by atoms with Gasteiger partial charge in [0.1, 0.15) is 11.5 Å². The molecule has 1 aromatic heterocycles. The predicted molar refractivity (Wildman–Crippen MR) is 90.4 cm³/mol. The van der Waals surface area contributed by atoms with Crippen molar-refractivity contribution in [3.8, 4) is 5.88 Å². The highest BCUT2D eigenvalue weighted by Gasteiger charge is 2.44. The van der Waals surface area contributed by atoms with Crippen LogP contribution in [0.4, 0.5) is 5.69 Å². The minimum Gasteiger partial charge on any atom is -0.461 e. The molecule has 2 rings (SSSR count). The molecule has 1 aliphatic rings. The third-order valence-electron chi connectivity index (χ3n) is 4.61. The number of carbonyl (C=O) groups excluding carboxylic acids is 1. The Labute approximate surface area is 148 Å². The van der Waals surface area contributed by atoms with E-state index in [4.69, 9.17) is 6.17 Å². The zero-order chi connectivity index (χ0) is 19.3. The Morgan fingerprint density at radius 2 is 2.16 bits per heavy atom. The van der Waals surface area contributed by atoms with Gasteiger partial charge in [0.2, 0.25) is 1.43 Å². The van der Waals surface area contributed by atoms with E-state index in [1.54, 1.807) is 6.92 Å². The summed E-state index contributed by atoms with van der Waals surface area (Å²) in [4.78, 5) is 31.7. The zero-order valence-electron chi connectivity index (χ0n) is 15.9. The molecule has 1 saturated carbocycles. The van der Waals surface area contributed by atoms with E-state index in [0.717, 1.165) is 12.8 Å². The van der Waals surface area contributed by atoms with Gasteiger partial charge in [0.15, 0.2) is 11.9 Å². The monoisotopic (exact) mass is 353 g/mol. The smallest absolute Gasteiger partial charge is 0.351 e. The fraction of sp³-hybridized carbons (Fsp3) is 0.706. The zero-order valence-corrected chi connectivity index (χ0v) is 14.9. The molecule has 1 aromatic rings. The third-order valence-corrected chi connectivity index (χ3v) is 4.61. The molecule has 25 heavy (non-hydrogen) atoms. The number of hydrogen-bond acceptors (Lipinski definition) is 7. The Balaban J connectivity index is 2.28. The van der Waals surface area contributed by atoms with E-state index < -0.39 is 11.0 Å². The Bertz CT molecular complexity index is 670. The van der Waals surface area contributed by atoms with Gasteiger partial charge in [-0.25, -0.2) is 4.98 Å². The van der Waals surface area contributed by atoms with Crippen LogP contribution in [-0.2, 0) is 4.79 Å². The summed E-state index contributed by atoms with van der Waals surface area (Å²) >= 11 is 0. The van der Waals surface area contributed by atoms with Gasteiger partial charge >= 0.3 is 5.69 Å². The van der Waals surface area contributed by atoms with E-state index in [1.165, 1.54) is 6.92 Å². The maximum Gasteiger partial charge on any atom is 0.351 e. The molecule has 0 unspecified atom stereocenters. The number of ether oxygens (including phenoxy) is 1. The number of nitro groups is 1. The number of aliphatic hydroxyl groups excluding tert-OH is 1. The molecule has 8 heteroatoms. The van der Waals surface area contributed by atoms with E-state index in [9.17, 15) is 14.9 Å². The predicted octanol–water partition coefficient (Wildman–Crippen LogP) is 2.53. The molecule has 0 saturated heterocycles. The van der Waals surface area contributed by atoms with Crippen LogP contribution in [0.15, 0.2) is 0 Å². The summed E-state index contributed by atoms with van der Waals surface area (Å²) in [5, 5.41) is 15.7. The maximum atomic E-state index is 12.8. The van der Waals surface area contributed by atoms with E-state index in [2.05, 4.69) is 15.1 Å². The number of carbonyl (C=O) groups is 1. The number of aliphatic hydroxyl groups is 1. The number of ketones is 1. The van der Waals surface area contributed by atoms with Crippen LogP contribution in [0.5, 0.6) is 5.88 Å². The van der Waals surface area contributed by atoms with Crippen LogP contribution in [0, 0.1) is 35.8 Å².